The maximum Gasteiger partial charge on any atom is 0.328 e. The van der Waals surface area contributed by atoms with Crippen LogP contribution in [0.1, 0.15) is 17.3 Å². The van der Waals surface area contributed by atoms with Crippen LogP contribution in [-0.4, -0.2) is 44.4 Å². The Kier molecular flexibility index (Phi) is 4.11. The van der Waals surface area contributed by atoms with Crippen LogP contribution >= 0.6 is 0 Å². The van der Waals surface area contributed by atoms with E-state index in [-0.39, 0.29) is 5.56 Å². The molecular weight excluding hydrogens is 242 g/mol. The first-order valence-corrected chi connectivity index (χ1v) is 5.07. The minimum absolute atomic E-state index is 0.276. The molecule has 1 aromatic carbocycles. The molecule has 0 saturated carbocycles. The van der Waals surface area contributed by atoms with Crippen LogP contribution in [0.2, 0.25) is 0 Å². The maximum absolute atomic E-state index is 11.7. The molecule has 1 unspecified atom stereocenters. The first kappa shape index (κ1) is 13.8. The molecule has 0 aromatic heterocycles. The summed E-state index contributed by atoms with van der Waals surface area (Å²) in [6.07, 6.45) is -1.30. The number of amides is 1. The topological polar surface area (TPSA) is 127 Å². The Labute approximate surface area is 102 Å². The number of aromatic hydroxyl groups is 2. The van der Waals surface area contributed by atoms with Crippen molar-refractivity contribution in [3.63, 3.8) is 0 Å². The van der Waals surface area contributed by atoms with Crippen LogP contribution in [0.4, 0.5) is 0 Å². The zero-order valence-corrected chi connectivity index (χ0v) is 9.49. The summed E-state index contributed by atoms with van der Waals surface area (Å²) in [5, 5.41) is 38.7. The van der Waals surface area contributed by atoms with Gasteiger partial charge in [0.05, 0.1) is 11.7 Å². The van der Waals surface area contributed by atoms with Gasteiger partial charge in [0, 0.05) is 0 Å². The number of carboxylic acid groups (broad SMARTS) is 1. The zero-order valence-electron chi connectivity index (χ0n) is 9.49. The SMILES string of the molecule is CC(O)[C@@H](NC(=O)c1cccc(O)c1O)C(=O)O. The molecule has 0 aliphatic heterocycles. The average Bonchev–Trinajstić information content (AvgIpc) is 2.28. The molecule has 1 amide bonds. The molecule has 0 saturated heterocycles. The summed E-state index contributed by atoms with van der Waals surface area (Å²) in [6.45, 7) is 1.21. The van der Waals surface area contributed by atoms with Gasteiger partial charge in [-0.1, -0.05) is 6.07 Å². The molecule has 7 nitrogen and oxygen atoms in total. The number of rotatable bonds is 4. The van der Waals surface area contributed by atoms with E-state index in [0.717, 1.165) is 0 Å². The van der Waals surface area contributed by atoms with E-state index < -0.39 is 35.5 Å². The van der Waals surface area contributed by atoms with E-state index in [1.54, 1.807) is 0 Å². The largest absolute Gasteiger partial charge is 0.504 e. The standard InChI is InChI=1S/C11H13NO6/c1-5(13)8(11(17)18)12-10(16)6-3-2-4-7(14)9(6)15/h2-5,8,13-15H,1H3,(H,12,16)(H,17,18)/t5?,8-/m1/s1. The van der Waals surface area contributed by atoms with Gasteiger partial charge in [-0.25, -0.2) is 4.79 Å². The summed E-state index contributed by atoms with van der Waals surface area (Å²) in [5.74, 6) is -3.45. The first-order chi connectivity index (χ1) is 8.34. The fourth-order valence-electron chi connectivity index (χ4n) is 1.32. The minimum Gasteiger partial charge on any atom is -0.504 e. The van der Waals surface area contributed by atoms with E-state index in [0.29, 0.717) is 0 Å². The van der Waals surface area contributed by atoms with E-state index in [2.05, 4.69) is 0 Å². The number of phenols is 2. The molecule has 0 aliphatic carbocycles. The molecule has 5 N–H and O–H groups in total. The Balaban J connectivity index is 2.94. The molecule has 0 radical (unpaired) electrons. The van der Waals surface area contributed by atoms with Crippen LogP contribution in [0.15, 0.2) is 18.2 Å². The number of para-hydroxylation sites is 1. The van der Waals surface area contributed by atoms with Crippen LogP contribution in [-0.2, 0) is 4.79 Å². The number of phenolic OH excluding ortho intramolecular Hbond substituents is 2. The van der Waals surface area contributed by atoms with Crippen molar-refractivity contribution >= 4 is 11.9 Å². The smallest absolute Gasteiger partial charge is 0.328 e. The highest BCUT2D eigenvalue weighted by Gasteiger charge is 2.26. The molecule has 0 bridgehead atoms. The monoisotopic (exact) mass is 255 g/mol. The second-order valence-corrected chi connectivity index (χ2v) is 3.70. The Morgan fingerprint density at radius 1 is 1.28 bits per heavy atom. The molecule has 18 heavy (non-hydrogen) atoms. The number of carboxylic acids is 1. The number of carbonyl (C=O) groups excluding carboxylic acids is 1. The number of carbonyl (C=O) groups is 2. The third kappa shape index (κ3) is 2.89. The molecule has 0 heterocycles. The number of benzene rings is 1. The third-order valence-electron chi connectivity index (χ3n) is 2.29. The predicted molar refractivity (Wildman–Crippen MR) is 60.3 cm³/mol. The van der Waals surface area contributed by atoms with Gasteiger partial charge in [-0.05, 0) is 19.1 Å². The molecule has 98 valence electrons. The lowest BCUT2D eigenvalue weighted by atomic mass is 10.1. The lowest BCUT2D eigenvalue weighted by Crippen LogP contribution is -2.47. The van der Waals surface area contributed by atoms with E-state index in [9.17, 15) is 24.9 Å². The lowest BCUT2D eigenvalue weighted by Gasteiger charge is -2.17. The van der Waals surface area contributed by atoms with Crippen molar-refractivity contribution in [2.24, 2.45) is 0 Å². The Bertz CT molecular complexity index is 471. The predicted octanol–water partition coefficient (Wildman–Crippen LogP) is -0.338. The number of aliphatic hydroxyl groups excluding tert-OH is 1. The normalized spacial score (nSPS) is 13.7. The molecule has 2 atom stereocenters. The van der Waals surface area contributed by atoms with Crippen LogP contribution in [0.3, 0.4) is 0 Å². The van der Waals surface area contributed by atoms with Crippen molar-refractivity contribution in [2.45, 2.75) is 19.1 Å². The molecule has 7 heteroatoms. The van der Waals surface area contributed by atoms with E-state index in [1.165, 1.54) is 25.1 Å². The number of hydrogen-bond acceptors (Lipinski definition) is 5. The average molecular weight is 255 g/mol. The molecular formula is C11H13NO6. The Morgan fingerprint density at radius 3 is 2.39 bits per heavy atom. The van der Waals surface area contributed by atoms with Crippen molar-refractivity contribution in [1.29, 1.82) is 0 Å². The van der Waals surface area contributed by atoms with Crippen molar-refractivity contribution in [3.8, 4) is 11.5 Å². The second-order valence-electron chi connectivity index (χ2n) is 3.70. The van der Waals surface area contributed by atoms with Crippen molar-refractivity contribution in [2.75, 3.05) is 0 Å². The number of aliphatic carboxylic acids is 1. The summed E-state index contributed by atoms with van der Waals surface area (Å²) in [7, 11) is 0. The van der Waals surface area contributed by atoms with Crippen molar-refractivity contribution < 1.29 is 30.0 Å². The lowest BCUT2D eigenvalue weighted by molar-refractivity contribution is -0.141. The van der Waals surface area contributed by atoms with Crippen LogP contribution in [0.5, 0.6) is 11.5 Å². The Hall–Kier alpha value is -2.28. The highest BCUT2D eigenvalue weighted by Crippen LogP contribution is 2.28. The highest BCUT2D eigenvalue weighted by atomic mass is 16.4. The molecule has 0 spiro atoms. The number of hydrogen-bond donors (Lipinski definition) is 5. The second kappa shape index (κ2) is 5.37. The minimum atomic E-state index is -1.50. The molecule has 1 aromatic rings. The van der Waals surface area contributed by atoms with E-state index in [1.807, 2.05) is 5.32 Å². The Morgan fingerprint density at radius 2 is 1.89 bits per heavy atom. The van der Waals surface area contributed by atoms with Crippen LogP contribution < -0.4 is 5.32 Å². The summed E-state index contributed by atoms with van der Waals surface area (Å²) < 4.78 is 0. The van der Waals surface area contributed by atoms with Gasteiger partial charge in [-0.2, -0.15) is 0 Å². The van der Waals surface area contributed by atoms with Gasteiger partial charge in [0.1, 0.15) is 0 Å². The van der Waals surface area contributed by atoms with Crippen LogP contribution in [0.25, 0.3) is 0 Å². The summed E-state index contributed by atoms with van der Waals surface area (Å²) in [4.78, 5) is 22.5. The van der Waals surface area contributed by atoms with E-state index in [4.69, 9.17) is 5.11 Å². The quantitative estimate of drug-likeness (QED) is 0.468. The number of aliphatic hydroxyl groups is 1. The summed E-state index contributed by atoms with van der Waals surface area (Å²) in [6, 6.07) is 2.21. The summed E-state index contributed by atoms with van der Waals surface area (Å²) in [5.41, 5.74) is -0.276. The van der Waals surface area contributed by atoms with E-state index >= 15 is 0 Å². The first-order valence-electron chi connectivity index (χ1n) is 5.07. The zero-order chi connectivity index (χ0) is 13.9. The van der Waals surface area contributed by atoms with Crippen molar-refractivity contribution in [1.82, 2.24) is 5.32 Å². The fourth-order valence-corrected chi connectivity index (χ4v) is 1.32. The highest BCUT2D eigenvalue weighted by molar-refractivity contribution is 5.99. The molecule has 1 rings (SSSR count). The van der Waals surface area contributed by atoms with Gasteiger partial charge in [-0.3, -0.25) is 4.79 Å². The van der Waals surface area contributed by atoms with Gasteiger partial charge in [-0.15, -0.1) is 0 Å². The fraction of sp³-hybridized carbons (Fsp3) is 0.273. The maximum atomic E-state index is 11.7. The number of nitrogens with one attached hydrogen (secondary N) is 1. The van der Waals surface area contributed by atoms with Crippen LogP contribution in [0, 0.1) is 0 Å². The van der Waals surface area contributed by atoms with Gasteiger partial charge in [0.25, 0.3) is 5.91 Å². The van der Waals surface area contributed by atoms with Gasteiger partial charge < -0.3 is 25.7 Å². The van der Waals surface area contributed by atoms with Gasteiger partial charge >= 0.3 is 5.97 Å². The molecule has 0 fully saturated rings. The molecule has 0 aliphatic rings. The third-order valence-corrected chi connectivity index (χ3v) is 2.29. The van der Waals surface area contributed by atoms with Crippen molar-refractivity contribution in [3.05, 3.63) is 23.8 Å². The van der Waals surface area contributed by atoms with Gasteiger partial charge in [0.2, 0.25) is 0 Å². The van der Waals surface area contributed by atoms with Gasteiger partial charge in [0.15, 0.2) is 17.5 Å². The summed E-state index contributed by atoms with van der Waals surface area (Å²) >= 11 is 0.